The molecule has 0 spiro atoms. The summed E-state index contributed by atoms with van der Waals surface area (Å²) in [5.74, 6) is 1.83. The van der Waals surface area contributed by atoms with Crippen molar-refractivity contribution in [3.63, 3.8) is 0 Å². The molecule has 1 fully saturated rings. The van der Waals surface area contributed by atoms with Crippen LogP contribution in [0.2, 0.25) is 0 Å². The number of hydrogen-bond donors (Lipinski definition) is 2. The second-order valence-corrected chi connectivity index (χ2v) is 6.55. The minimum Gasteiger partial charge on any atom is -0.469 e. The van der Waals surface area contributed by atoms with Gasteiger partial charge in [0, 0.05) is 32.6 Å². The maximum atomic E-state index is 5.53. The van der Waals surface area contributed by atoms with E-state index in [-0.39, 0.29) is 6.04 Å². The Morgan fingerprint density at radius 2 is 1.93 bits per heavy atom. The average Bonchev–Trinajstić information content (AvgIpc) is 3.23. The summed E-state index contributed by atoms with van der Waals surface area (Å²) in [5.41, 5.74) is 1.30. The van der Waals surface area contributed by atoms with Crippen molar-refractivity contribution in [3.05, 3.63) is 60.1 Å². The van der Waals surface area contributed by atoms with Gasteiger partial charge in [0.15, 0.2) is 5.96 Å². The number of nitrogens with zero attached hydrogens (tertiary/aromatic N) is 2. The largest absolute Gasteiger partial charge is 0.469 e. The molecule has 0 saturated carbocycles. The molecule has 27 heavy (non-hydrogen) atoms. The highest BCUT2D eigenvalue weighted by atomic mass is 16.5. The third-order valence-electron chi connectivity index (χ3n) is 4.68. The van der Waals surface area contributed by atoms with Crippen LogP contribution in [0.5, 0.6) is 0 Å². The Bertz CT molecular complexity index is 667. The summed E-state index contributed by atoms with van der Waals surface area (Å²) in [7, 11) is 0. The van der Waals surface area contributed by atoms with Crippen LogP contribution in [0.3, 0.4) is 0 Å². The smallest absolute Gasteiger partial charge is 0.191 e. The molecule has 6 heteroatoms. The summed E-state index contributed by atoms with van der Waals surface area (Å²) < 4.78 is 10.9. The fourth-order valence-electron chi connectivity index (χ4n) is 3.27. The first-order chi connectivity index (χ1) is 13.4. The monoisotopic (exact) mass is 370 g/mol. The lowest BCUT2D eigenvalue weighted by Crippen LogP contribution is -2.42. The molecule has 1 unspecified atom stereocenters. The van der Waals surface area contributed by atoms with E-state index in [4.69, 9.17) is 14.1 Å². The topological polar surface area (TPSA) is 62.0 Å². The van der Waals surface area contributed by atoms with E-state index in [2.05, 4.69) is 52.8 Å². The molecule has 1 aromatic carbocycles. The highest BCUT2D eigenvalue weighted by Crippen LogP contribution is 2.22. The second kappa shape index (κ2) is 10.7. The number of morpholine rings is 1. The zero-order valence-electron chi connectivity index (χ0n) is 16.1. The van der Waals surface area contributed by atoms with Gasteiger partial charge in [0.1, 0.15) is 5.76 Å². The molecule has 0 radical (unpaired) electrons. The molecule has 2 heterocycles. The third kappa shape index (κ3) is 6.12. The number of benzene rings is 1. The highest BCUT2D eigenvalue weighted by Gasteiger charge is 2.22. The summed E-state index contributed by atoms with van der Waals surface area (Å²) in [6, 6.07) is 14.8. The number of furan rings is 1. The summed E-state index contributed by atoms with van der Waals surface area (Å²) in [6.07, 6.45) is 2.55. The fraction of sp³-hybridized carbons (Fsp3) is 0.476. The average molecular weight is 370 g/mol. The zero-order valence-corrected chi connectivity index (χ0v) is 16.1. The number of aliphatic imine (C=N–C) groups is 1. The number of ether oxygens (including phenoxy) is 1. The predicted molar refractivity (Wildman–Crippen MR) is 108 cm³/mol. The molecule has 146 valence electrons. The van der Waals surface area contributed by atoms with Crippen LogP contribution in [0.15, 0.2) is 58.1 Å². The minimum atomic E-state index is 0.260. The summed E-state index contributed by atoms with van der Waals surface area (Å²) in [4.78, 5) is 7.33. The highest BCUT2D eigenvalue weighted by molar-refractivity contribution is 5.79. The van der Waals surface area contributed by atoms with E-state index in [1.54, 1.807) is 6.26 Å². The van der Waals surface area contributed by atoms with Crippen molar-refractivity contribution in [1.82, 2.24) is 15.5 Å². The van der Waals surface area contributed by atoms with Gasteiger partial charge in [-0.05, 0) is 24.6 Å². The van der Waals surface area contributed by atoms with Crippen molar-refractivity contribution in [3.8, 4) is 0 Å². The van der Waals surface area contributed by atoms with Crippen molar-refractivity contribution >= 4 is 5.96 Å². The molecule has 1 saturated heterocycles. The van der Waals surface area contributed by atoms with E-state index < -0.39 is 0 Å². The van der Waals surface area contributed by atoms with Crippen LogP contribution in [0, 0.1) is 0 Å². The fourth-order valence-corrected chi connectivity index (χ4v) is 3.27. The maximum absolute atomic E-state index is 5.53. The molecular formula is C21H30N4O2. The van der Waals surface area contributed by atoms with Crippen LogP contribution >= 0.6 is 0 Å². The molecule has 0 aliphatic carbocycles. The van der Waals surface area contributed by atoms with Gasteiger partial charge in [0.05, 0.1) is 32.1 Å². The molecule has 2 N–H and O–H groups in total. The van der Waals surface area contributed by atoms with Gasteiger partial charge >= 0.3 is 0 Å². The van der Waals surface area contributed by atoms with Crippen LogP contribution in [0.1, 0.15) is 24.3 Å². The molecule has 3 rings (SSSR count). The lowest BCUT2D eigenvalue weighted by Gasteiger charge is -2.34. The van der Waals surface area contributed by atoms with Gasteiger partial charge in [0.25, 0.3) is 0 Å². The standard InChI is InChI=1S/C21H30N4O2/c1-2-22-21(23-11-10-19-9-6-14-27-19)24-17-20(18-7-4-3-5-8-18)25-12-15-26-16-13-25/h3-9,14,20H,2,10-13,15-17H2,1H3,(H2,22,23,24). The first kappa shape index (κ1) is 19.5. The Morgan fingerprint density at radius 3 is 2.63 bits per heavy atom. The Hall–Kier alpha value is -2.31. The van der Waals surface area contributed by atoms with E-state index >= 15 is 0 Å². The predicted octanol–water partition coefficient (Wildman–Crippen LogP) is 2.45. The van der Waals surface area contributed by atoms with Crippen molar-refractivity contribution in [2.24, 2.45) is 4.99 Å². The quantitative estimate of drug-likeness (QED) is 0.552. The van der Waals surface area contributed by atoms with Gasteiger partial charge in [-0.2, -0.15) is 0 Å². The molecule has 1 aliphatic heterocycles. The number of rotatable bonds is 8. The lowest BCUT2D eigenvalue weighted by atomic mass is 10.1. The SMILES string of the molecule is CCNC(=NCC(c1ccccc1)N1CCOCC1)NCCc1ccco1. The third-order valence-corrected chi connectivity index (χ3v) is 4.68. The number of hydrogen-bond acceptors (Lipinski definition) is 4. The molecule has 6 nitrogen and oxygen atoms in total. The first-order valence-corrected chi connectivity index (χ1v) is 9.78. The van der Waals surface area contributed by atoms with E-state index in [1.165, 1.54) is 5.56 Å². The van der Waals surface area contributed by atoms with Crippen LogP contribution in [0.25, 0.3) is 0 Å². The molecule has 1 atom stereocenters. The molecule has 0 amide bonds. The van der Waals surface area contributed by atoms with E-state index in [0.29, 0.717) is 6.54 Å². The van der Waals surface area contributed by atoms with E-state index in [1.807, 2.05) is 12.1 Å². The Labute approximate surface area is 161 Å². The minimum absolute atomic E-state index is 0.260. The summed E-state index contributed by atoms with van der Waals surface area (Å²) in [6.45, 7) is 7.87. The van der Waals surface area contributed by atoms with Crippen LogP contribution in [-0.4, -0.2) is 56.8 Å². The van der Waals surface area contributed by atoms with Crippen LogP contribution in [0.4, 0.5) is 0 Å². The van der Waals surface area contributed by atoms with Gasteiger partial charge < -0.3 is 19.8 Å². The van der Waals surface area contributed by atoms with Crippen molar-refractivity contribution in [2.45, 2.75) is 19.4 Å². The van der Waals surface area contributed by atoms with Crippen molar-refractivity contribution in [2.75, 3.05) is 45.9 Å². The van der Waals surface area contributed by atoms with Crippen LogP contribution < -0.4 is 10.6 Å². The van der Waals surface area contributed by atoms with Gasteiger partial charge in [-0.3, -0.25) is 9.89 Å². The van der Waals surface area contributed by atoms with Gasteiger partial charge in [-0.25, -0.2) is 0 Å². The van der Waals surface area contributed by atoms with E-state index in [0.717, 1.165) is 57.5 Å². The molecular weight excluding hydrogens is 340 g/mol. The van der Waals surface area contributed by atoms with Gasteiger partial charge in [-0.1, -0.05) is 30.3 Å². The zero-order chi connectivity index (χ0) is 18.7. The Balaban J connectivity index is 1.63. The maximum Gasteiger partial charge on any atom is 0.191 e. The van der Waals surface area contributed by atoms with Crippen molar-refractivity contribution in [1.29, 1.82) is 0 Å². The Kier molecular flexibility index (Phi) is 7.74. The van der Waals surface area contributed by atoms with Gasteiger partial charge in [0.2, 0.25) is 0 Å². The molecule has 1 aliphatic rings. The lowest BCUT2D eigenvalue weighted by molar-refractivity contribution is 0.0180. The summed E-state index contributed by atoms with van der Waals surface area (Å²) >= 11 is 0. The number of guanidine groups is 1. The van der Waals surface area contributed by atoms with Crippen molar-refractivity contribution < 1.29 is 9.15 Å². The normalized spacial score (nSPS) is 16.9. The van der Waals surface area contributed by atoms with E-state index in [9.17, 15) is 0 Å². The molecule has 1 aromatic heterocycles. The number of nitrogens with one attached hydrogen (secondary N) is 2. The molecule has 0 bridgehead atoms. The van der Waals surface area contributed by atoms with Crippen LogP contribution in [-0.2, 0) is 11.2 Å². The first-order valence-electron chi connectivity index (χ1n) is 9.78. The molecule has 2 aromatic rings. The van der Waals surface area contributed by atoms with Gasteiger partial charge in [-0.15, -0.1) is 0 Å². The summed E-state index contributed by atoms with van der Waals surface area (Å²) in [5, 5.41) is 6.74. The second-order valence-electron chi connectivity index (χ2n) is 6.55. The Morgan fingerprint density at radius 1 is 1.11 bits per heavy atom.